The van der Waals surface area contributed by atoms with Crippen molar-refractivity contribution in [3.05, 3.63) is 68.5 Å². The van der Waals surface area contributed by atoms with Crippen molar-refractivity contribution in [2.45, 2.75) is 50.7 Å². The second kappa shape index (κ2) is 10.5. The number of para-hydroxylation sites is 1. The summed E-state index contributed by atoms with van der Waals surface area (Å²) in [6, 6.07) is 9.39. The number of fused-ring (bicyclic) bond motifs is 2. The average Bonchev–Trinajstić information content (AvgIpc) is 3.60. The third-order valence-corrected chi connectivity index (χ3v) is 9.35. The number of imidazole rings is 1. The molecule has 4 aromatic rings. The fourth-order valence-electron chi connectivity index (χ4n) is 5.66. The molecule has 3 aromatic heterocycles. The third kappa shape index (κ3) is 4.81. The topological polar surface area (TPSA) is 98.9 Å². The van der Waals surface area contributed by atoms with Crippen LogP contribution in [-0.2, 0) is 17.8 Å². The molecule has 0 bridgehead atoms. The molecule has 6 heterocycles. The van der Waals surface area contributed by atoms with Crippen LogP contribution < -0.4 is 9.47 Å². The van der Waals surface area contributed by atoms with Gasteiger partial charge in [0.05, 0.1) is 34.8 Å². The standard InChI is InChI=1S/C28H26Cl2N4O5S/c29-16-10-19(30)24(31-12-16)28-38-21-3-1-2-18(25(21)39-28)15-4-7-33(8-5-15)14-23-32-26-20(11-22(40-26)27(35)36)34(23)13-17-6-9-37-17/h1-3,10-12,15,17,28H,4-9,13-14H2,(H,35,36)/t17-,28?/m0/s1. The van der Waals surface area contributed by atoms with E-state index in [9.17, 15) is 9.90 Å². The predicted octanol–water partition coefficient (Wildman–Crippen LogP) is 6.14. The van der Waals surface area contributed by atoms with Crippen LogP contribution in [0.3, 0.4) is 0 Å². The first-order valence-electron chi connectivity index (χ1n) is 13.3. The molecule has 0 radical (unpaired) electrons. The molecular weight excluding hydrogens is 575 g/mol. The molecule has 2 saturated heterocycles. The SMILES string of the molecule is O=C(O)c1cc2c(nc(CN3CCC(c4cccc5c4OC(c4ncc(Cl)cc4Cl)O5)CC3)n2C[C@@H]2CCO2)s1. The molecule has 9 nitrogen and oxygen atoms in total. The molecular formula is C28H26Cl2N4O5S. The highest BCUT2D eigenvalue weighted by atomic mass is 35.5. The number of hydrogen-bond acceptors (Lipinski definition) is 8. The van der Waals surface area contributed by atoms with Crippen LogP contribution in [0.25, 0.3) is 10.3 Å². The van der Waals surface area contributed by atoms with Gasteiger partial charge in [-0.05, 0) is 56.5 Å². The van der Waals surface area contributed by atoms with Gasteiger partial charge in [0.15, 0.2) is 11.5 Å². The van der Waals surface area contributed by atoms with E-state index in [1.165, 1.54) is 17.5 Å². The molecule has 2 fully saturated rings. The van der Waals surface area contributed by atoms with E-state index in [1.54, 1.807) is 12.1 Å². The first kappa shape index (κ1) is 26.0. The molecule has 7 rings (SSSR count). The molecule has 3 aliphatic rings. The van der Waals surface area contributed by atoms with Gasteiger partial charge >= 0.3 is 5.97 Å². The van der Waals surface area contributed by atoms with Gasteiger partial charge in [0, 0.05) is 18.4 Å². The van der Waals surface area contributed by atoms with Gasteiger partial charge in [0.25, 0.3) is 6.29 Å². The maximum atomic E-state index is 11.5. The van der Waals surface area contributed by atoms with Crippen molar-refractivity contribution < 1.29 is 24.1 Å². The highest BCUT2D eigenvalue weighted by Gasteiger charge is 2.34. The number of likely N-dealkylation sites (tertiary alicyclic amines) is 1. The first-order chi connectivity index (χ1) is 19.4. The van der Waals surface area contributed by atoms with Crippen molar-refractivity contribution in [2.24, 2.45) is 0 Å². The van der Waals surface area contributed by atoms with Crippen LogP contribution in [0.4, 0.5) is 0 Å². The van der Waals surface area contributed by atoms with Crippen molar-refractivity contribution in [1.29, 1.82) is 0 Å². The predicted molar refractivity (Wildman–Crippen MR) is 151 cm³/mol. The molecule has 2 atom stereocenters. The first-order valence-corrected chi connectivity index (χ1v) is 14.8. The van der Waals surface area contributed by atoms with E-state index in [0.717, 1.165) is 66.4 Å². The lowest BCUT2D eigenvalue weighted by Gasteiger charge is -2.33. The molecule has 0 aliphatic carbocycles. The third-order valence-electron chi connectivity index (χ3n) is 7.84. The second-order valence-corrected chi connectivity index (χ2v) is 12.2. The molecule has 3 aliphatic heterocycles. The highest BCUT2D eigenvalue weighted by Crippen LogP contribution is 2.47. The van der Waals surface area contributed by atoms with Gasteiger partial charge in [-0.15, -0.1) is 11.3 Å². The minimum Gasteiger partial charge on any atom is -0.477 e. The van der Waals surface area contributed by atoms with E-state index < -0.39 is 12.3 Å². The van der Waals surface area contributed by atoms with Crippen molar-refractivity contribution in [2.75, 3.05) is 19.7 Å². The van der Waals surface area contributed by atoms with Gasteiger partial charge in [-0.3, -0.25) is 9.88 Å². The summed E-state index contributed by atoms with van der Waals surface area (Å²) in [6.07, 6.45) is 3.92. The maximum Gasteiger partial charge on any atom is 0.346 e. The minimum absolute atomic E-state index is 0.152. The minimum atomic E-state index is -0.918. The van der Waals surface area contributed by atoms with Gasteiger partial charge in [0.2, 0.25) is 0 Å². The van der Waals surface area contributed by atoms with E-state index in [0.29, 0.717) is 45.4 Å². The Hall–Kier alpha value is -2.89. The number of aromatic carboxylic acids is 1. The molecule has 12 heteroatoms. The van der Waals surface area contributed by atoms with Crippen LogP contribution in [0, 0.1) is 0 Å². The van der Waals surface area contributed by atoms with E-state index in [-0.39, 0.29) is 6.10 Å². The van der Waals surface area contributed by atoms with E-state index in [4.69, 9.17) is 42.4 Å². The lowest BCUT2D eigenvalue weighted by molar-refractivity contribution is -0.0592. The van der Waals surface area contributed by atoms with Gasteiger partial charge < -0.3 is 23.9 Å². The Bertz CT molecular complexity index is 1600. The van der Waals surface area contributed by atoms with Crippen molar-refractivity contribution in [3.8, 4) is 11.5 Å². The number of carbonyl (C=O) groups is 1. The average molecular weight is 602 g/mol. The van der Waals surface area contributed by atoms with Gasteiger partial charge in [-0.25, -0.2) is 9.78 Å². The number of pyridine rings is 1. The summed E-state index contributed by atoms with van der Waals surface area (Å²) >= 11 is 13.6. The Morgan fingerprint density at radius 3 is 2.70 bits per heavy atom. The highest BCUT2D eigenvalue weighted by molar-refractivity contribution is 7.20. The maximum absolute atomic E-state index is 11.5. The zero-order valence-electron chi connectivity index (χ0n) is 21.4. The summed E-state index contributed by atoms with van der Waals surface area (Å²) in [5.41, 5.74) is 2.51. The number of aromatic nitrogens is 3. The Balaban J connectivity index is 1.05. The second-order valence-electron chi connectivity index (χ2n) is 10.3. The van der Waals surface area contributed by atoms with Crippen molar-refractivity contribution in [1.82, 2.24) is 19.4 Å². The lowest BCUT2D eigenvalue weighted by Crippen LogP contribution is -2.35. The number of benzene rings is 1. The number of thiophene rings is 1. The number of ether oxygens (including phenoxy) is 3. The van der Waals surface area contributed by atoms with Crippen LogP contribution in [0.1, 0.15) is 58.2 Å². The normalized spacial score (nSPS) is 21.1. The molecule has 1 aromatic carbocycles. The molecule has 0 spiro atoms. The Labute approximate surface area is 244 Å². The fourth-order valence-corrected chi connectivity index (χ4v) is 7.02. The summed E-state index contributed by atoms with van der Waals surface area (Å²) in [5, 5.41) is 10.3. The van der Waals surface area contributed by atoms with E-state index in [2.05, 4.69) is 20.5 Å². The summed E-state index contributed by atoms with van der Waals surface area (Å²) < 4.78 is 20.2. The quantitative estimate of drug-likeness (QED) is 0.270. The number of carboxylic acids is 1. The number of rotatable bonds is 7. The number of halogens is 2. The molecule has 1 N–H and O–H groups in total. The lowest BCUT2D eigenvalue weighted by atomic mass is 9.88. The molecule has 0 amide bonds. The smallest absolute Gasteiger partial charge is 0.346 e. The molecule has 1 unspecified atom stereocenters. The Morgan fingerprint density at radius 2 is 1.98 bits per heavy atom. The number of carboxylic acid groups (broad SMARTS) is 1. The van der Waals surface area contributed by atoms with Crippen LogP contribution in [0.15, 0.2) is 36.5 Å². The van der Waals surface area contributed by atoms with Crippen molar-refractivity contribution in [3.63, 3.8) is 0 Å². The molecule has 208 valence electrons. The summed E-state index contributed by atoms with van der Waals surface area (Å²) in [7, 11) is 0. The van der Waals surface area contributed by atoms with Gasteiger partial charge in [-0.1, -0.05) is 35.3 Å². The summed E-state index contributed by atoms with van der Waals surface area (Å²) in [4.78, 5) is 24.2. The van der Waals surface area contributed by atoms with E-state index in [1.807, 2.05) is 12.1 Å². The number of piperidine rings is 1. The van der Waals surface area contributed by atoms with Gasteiger partial charge in [-0.2, -0.15) is 0 Å². The molecule has 40 heavy (non-hydrogen) atoms. The molecule has 0 saturated carbocycles. The number of hydrogen-bond donors (Lipinski definition) is 1. The Morgan fingerprint density at radius 1 is 1.15 bits per heavy atom. The Kier molecular flexibility index (Phi) is 6.83. The monoisotopic (exact) mass is 600 g/mol. The number of nitrogens with zero attached hydrogens (tertiary/aromatic N) is 4. The summed E-state index contributed by atoms with van der Waals surface area (Å²) in [5.74, 6) is 1.81. The zero-order chi connectivity index (χ0) is 27.4. The fraction of sp³-hybridized carbons (Fsp3) is 0.393. The van der Waals surface area contributed by atoms with Crippen molar-refractivity contribution >= 4 is 50.9 Å². The van der Waals surface area contributed by atoms with Crippen LogP contribution in [0.5, 0.6) is 11.5 Å². The zero-order valence-corrected chi connectivity index (χ0v) is 23.7. The summed E-state index contributed by atoms with van der Waals surface area (Å²) in [6.45, 7) is 3.99. The van der Waals surface area contributed by atoms with Crippen LogP contribution >= 0.6 is 34.5 Å². The largest absolute Gasteiger partial charge is 0.477 e. The van der Waals surface area contributed by atoms with Crippen LogP contribution in [-0.4, -0.2) is 56.3 Å². The van der Waals surface area contributed by atoms with E-state index >= 15 is 0 Å². The van der Waals surface area contributed by atoms with Gasteiger partial charge in [0.1, 0.15) is 21.2 Å². The van der Waals surface area contributed by atoms with Crippen LogP contribution in [0.2, 0.25) is 10.0 Å².